The van der Waals surface area contributed by atoms with Crippen LogP contribution in [0.2, 0.25) is 0 Å². The van der Waals surface area contributed by atoms with Crippen LogP contribution in [0.3, 0.4) is 0 Å². The van der Waals surface area contributed by atoms with Crippen LogP contribution in [0, 0.1) is 0 Å². The van der Waals surface area contributed by atoms with E-state index in [1.165, 1.54) is 11.4 Å². The Morgan fingerprint density at radius 1 is 1.35 bits per heavy atom. The average Bonchev–Trinajstić information content (AvgIpc) is 2.30. The summed E-state index contributed by atoms with van der Waals surface area (Å²) >= 11 is 4.60. The molecule has 0 fully saturated rings. The average molecular weight is 339 g/mol. The topological polar surface area (TPSA) is 35.5 Å². The van der Waals surface area contributed by atoms with E-state index in [0.29, 0.717) is 12.4 Å². The molecular formula is C11H16BrO3PS. The molecule has 1 unspecified atom stereocenters. The number of hydrogen-bond donors (Lipinski definition) is 0. The van der Waals surface area contributed by atoms with Crippen LogP contribution in [0.4, 0.5) is 0 Å². The molecule has 0 saturated heterocycles. The molecule has 0 aromatic heterocycles. The second-order valence-electron chi connectivity index (χ2n) is 3.22. The number of hydrogen-bond acceptors (Lipinski definition) is 4. The summed E-state index contributed by atoms with van der Waals surface area (Å²) in [4.78, 5) is 0. The largest absolute Gasteiger partial charge is 0.440 e. The van der Waals surface area contributed by atoms with Crippen LogP contribution in [0.25, 0.3) is 0 Å². The van der Waals surface area contributed by atoms with Crippen molar-refractivity contribution < 1.29 is 13.6 Å². The first kappa shape index (κ1) is 15.1. The SMILES string of the molecule is CCCSP(=O)(OCC)Oc1ccccc1Br. The number of para-hydroxylation sites is 1. The zero-order valence-corrected chi connectivity index (χ0v) is 13.2. The molecule has 0 aliphatic carbocycles. The standard InChI is InChI=1S/C11H16BrO3PS/c1-3-9-17-16(13,14-4-2)15-11-8-6-5-7-10(11)12/h5-8H,3-4,9H2,1-2H3. The molecule has 1 aromatic carbocycles. The molecule has 3 nitrogen and oxygen atoms in total. The van der Waals surface area contributed by atoms with E-state index in [1.807, 2.05) is 32.0 Å². The van der Waals surface area contributed by atoms with Gasteiger partial charge in [-0.05, 0) is 52.8 Å². The Morgan fingerprint density at radius 2 is 2.06 bits per heavy atom. The fourth-order valence-electron chi connectivity index (χ4n) is 1.09. The summed E-state index contributed by atoms with van der Waals surface area (Å²) in [7, 11) is 0. The van der Waals surface area contributed by atoms with Crippen molar-refractivity contribution in [1.82, 2.24) is 0 Å². The van der Waals surface area contributed by atoms with Crippen LogP contribution < -0.4 is 4.52 Å². The Morgan fingerprint density at radius 3 is 2.65 bits per heavy atom. The minimum atomic E-state index is -3.10. The van der Waals surface area contributed by atoms with E-state index < -0.39 is 6.80 Å². The smallest absolute Gasteiger partial charge is 0.416 e. The van der Waals surface area contributed by atoms with E-state index in [1.54, 1.807) is 6.07 Å². The lowest BCUT2D eigenvalue weighted by Crippen LogP contribution is -1.96. The van der Waals surface area contributed by atoms with Crippen LogP contribution in [-0.4, -0.2) is 12.4 Å². The number of rotatable bonds is 7. The number of halogens is 1. The van der Waals surface area contributed by atoms with Gasteiger partial charge in [0.05, 0.1) is 11.1 Å². The summed E-state index contributed by atoms with van der Waals surface area (Å²) in [5.41, 5.74) is 0. The van der Waals surface area contributed by atoms with Crippen molar-refractivity contribution in [3.05, 3.63) is 28.7 Å². The van der Waals surface area contributed by atoms with E-state index in [2.05, 4.69) is 15.9 Å². The first-order valence-corrected chi connectivity index (χ1v) is 9.37. The van der Waals surface area contributed by atoms with Gasteiger partial charge in [0.25, 0.3) is 0 Å². The molecule has 6 heteroatoms. The molecule has 0 saturated carbocycles. The molecule has 0 spiro atoms. The molecule has 0 aliphatic heterocycles. The highest BCUT2D eigenvalue weighted by Crippen LogP contribution is 2.60. The second-order valence-corrected chi connectivity index (χ2v) is 8.19. The normalized spacial score (nSPS) is 14.3. The van der Waals surface area contributed by atoms with E-state index in [9.17, 15) is 4.57 Å². The van der Waals surface area contributed by atoms with Crippen LogP contribution >= 0.6 is 34.1 Å². The lowest BCUT2D eigenvalue weighted by molar-refractivity contribution is 0.295. The van der Waals surface area contributed by atoms with Crippen molar-refractivity contribution in [2.45, 2.75) is 20.3 Å². The van der Waals surface area contributed by atoms with Crippen molar-refractivity contribution in [2.75, 3.05) is 12.4 Å². The van der Waals surface area contributed by atoms with Crippen LogP contribution in [0.5, 0.6) is 5.75 Å². The molecule has 0 N–H and O–H groups in total. The van der Waals surface area contributed by atoms with Gasteiger partial charge in [0.2, 0.25) is 0 Å². The first-order chi connectivity index (χ1) is 8.11. The predicted octanol–water partition coefficient (Wildman–Crippen LogP) is 5.12. The van der Waals surface area contributed by atoms with Crippen LogP contribution in [-0.2, 0) is 9.09 Å². The van der Waals surface area contributed by atoms with Crippen molar-refractivity contribution in [2.24, 2.45) is 0 Å². The van der Waals surface area contributed by atoms with Gasteiger partial charge in [0.1, 0.15) is 5.75 Å². The highest BCUT2D eigenvalue weighted by atomic mass is 79.9. The third-order valence-electron chi connectivity index (χ3n) is 1.79. The molecule has 0 radical (unpaired) electrons. The quantitative estimate of drug-likeness (QED) is 0.646. The molecule has 1 aromatic rings. The van der Waals surface area contributed by atoms with Gasteiger partial charge >= 0.3 is 6.80 Å². The van der Waals surface area contributed by atoms with Gasteiger partial charge in [-0.2, -0.15) is 0 Å². The van der Waals surface area contributed by atoms with Crippen molar-refractivity contribution >= 4 is 34.1 Å². The summed E-state index contributed by atoms with van der Waals surface area (Å²) in [6.45, 7) is 1.11. The van der Waals surface area contributed by atoms with E-state index in [4.69, 9.17) is 9.05 Å². The van der Waals surface area contributed by atoms with Gasteiger partial charge < -0.3 is 4.52 Å². The maximum Gasteiger partial charge on any atom is 0.440 e. The zero-order valence-electron chi connectivity index (χ0n) is 9.89. The van der Waals surface area contributed by atoms with Gasteiger partial charge in [0.15, 0.2) is 0 Å². The van der Waals surface area contributed by atoms with Crippen molar-refractivity contribution in [3.8, 4) is 5.75 Å². The highest BCUT2D eigenvalue weighted by Gasteiger charge is 2.27. The van der Waals surface area contributed by atoms with E-state index >= 15 is 0 Å². The third kappa shape index (κ3) is 5.04. The molecule has 17 heavy (non-hydrogen) atoms. The molecule has 0 amide bonds. The molecular weight excluding hydrogens is 323 g/mol. The minimum absolute atomic E-state index is 0.373. The van der Waals surface area contributed by atoms with E-state index in [0.717, 1.165) is 16.6 Å². The van der Waals surface area contributed by atoms with Crippen molar-refractivity contribution in [1.29, 1.82) is 0 Å². The van der Waals surface area contributed by atoms with Gasteiger partial charge in [-0.1, -0.05) is 19.1 Å². The Kier molecular flexibility index (Phi) is 6.63. The Bertz CT molecular complexity index is 400. The minimum Gasteiger partial charge on any atom is -0.416 e. The molecule has 96 valence electrons. The third-order valence-corrected chi connectivity index (χ3v) is 6.38. The summed E-state index contributed by atoms with van der Waals surface area (Å²) in [6.07, 6.45) is 0.932. The maximum absolute atomic E-state index is 12.4. The zero-order chi connectivity index (χ0) is 12.7. The Labute approximate surface area is 115 Å². The molecule has 0 bridgehead atoms. The lowest BCUT2D eigenvalue weighted by Gasteiger charge is -2.18. The summed E-state index contributed by atoms with van der Waals surface area (Å²) in [5.74, 6) is 1.30. The molecule has 0 aliphatic rings. The Hall–Kier alpha value is 0.0400. The summed E-state index contributed by atoms with van der Waals surface area (Å²) in [6, 6.07) is 7.32. The summed E-state index contributed by atoms with van der Waals surface area (Å²) < 4.78 is 24.0. The fourth-order valence-corrected chi connectivity index (χ4v) is 5.04. The van der Waals surface area contributed by atoms with Gasteiger partial charge in [-0.25, -0.2) is 4.57 Å². The Balaban J connectivity index is 2.79. The van der Waals surface area contributed by atoms with Gasteiger partial charge in [-0.15, -0.1) is 0 Å². The van der Waals surface area contributed by atoms with Crippen LogP contribution in [0.15, 0.2) is 28.7 Å². The van der Waals surface area contributed by atoms with Gasteiger partial charge in [0, 0.05) is 5.75 Å². The molecule has 1 rings (SSSR count). The van der Waals surface area contributed by atoms with Crippen LogP contribution in [0.1, 0.15) is 20.3 Å². The highest BCUT2D eigenvalue weighted by molar-refractivity contribution is 9.10. The maximum atomic E-state index is 12.4. The second kappa shape index (κ2) is 7.47. The van der Waals surface area contributed by atoms with Gasteiger partial charge in [-0.3, -0.25) is 4.52 Å². The summed E-state index contributed by atoms with van der Waals surface area (Å²) in [5, 5.41) is 0. The first-order valence-electron chi connectivity index (χ1n) is 5.44. The fraction of sp³-hybridized carbons (Fsp3) is 0.455. The van der Waals surface area contributed by atoms with Crippen molar-refractivity contribution in [3.63, 3.8) is 0 Å². The molecule has 0 heterocycles. The predicted molar refractivity (Wildman–Crippen MR) is 76.8 cm³/mol. The lowest BCUT2D eigenvalue weighted by atomic mass is 10.3. The monoisotopic (exact) mass is 338 g/mol. The van der Waals surface area contributed by atoms with E-state index in [-0.39, 0.29) is 0 Å². The molecule has 1 atom stereocenters. The number of benzene rings is 1.